The molecule has 0 bridgehead atoms. The lowest BCUT2D eigenvalue weighted by Crippen LogP contribution is -2.54. The van der Waals surface area contributed by atoms with Crippen molar-refractivity contribution in [1.82, 2.24) is 9.97 Å². The largest absolute Gasteiger partial charge is 0.493 e. The molecule has 2 aromatic carbocycles. The predicted octanol–water partition coefficient (Wildman–Crippen LogP) is 5.43. The molecule has 4 aromatic rings. The van der Waals surface area contributed by atoms with E-state index in [1.165, 1.54) is 23.2 Å². The maximum absolute atomic E-state index is 13.2. The number of rotatable bonds is 6. The van der Waals surface area contributed by atoms with Crippen molar-refractivity contribution < 1.29 is 22.7 Å². The molecule has 0 spiro atoms. The van der Waals surface area contributed by atoms with Crippen LogP contribution >= 0.6 is 11.3 Å². The van der Waals surface area contributed by atoms with E-state index in [1.54, 1.807) is 6.92 Å². The summed E-state index contributed by atoms with van der Waals surface area (Å²) < 4.78 is 37.4. The third kappa shape index (κ3) is 4.65. The van der Waals surface area contributed by atoms with Gasteiger partial charge in [-0.1, -0.05) is 11.3 Å². The van der Waals surface area contributed by atoms with Crippen LogP contribution in [0.15, 0.2) is 30.5 Å². The van der Waals surface area contributed by atoms with E-state index in [4.69, 9.17) is 19.4 Å². The molecule has 2 aromatic heterocycles. The van der Waals surface area contributed by atoms with Crippen LogP contribution in [-0.4, -0.2) is 61.0 Å². The number of hydrogen-bond acceptors (Lipinski definition) is 9. The van der Waals surface area contributed by atoms with Crippen LogP contribution in [0.25, 0.3) is 32.2 Å². The highest BCUT2D eigenvalue weighted by atomic mass is 32.2. The van der Waals surface area contributed by atoms with Crippen LogP contribution in [0.3, 0.4) is 0 Å². The zero-order chi connectivity index (χ0) is 28.6. The van der Waals surface area contributed by atoms with Crippen molar-refractivity contribution in [3.8, 4) is 16.9 Å². The number of ether oxygens (including phenoxy) is 2. The van der Waals surface area contributed by atoms with Gasteiger partial charge in [0.2, 0.25) is 0 Å². The van der Waals surface area contributed by atoms with Gasteiger partial charge in [0, 0.05) is 54.0 Å². The van der Waals surface area contributed by atoms with E-state index in [-0.39, 0.29) is 11.0 Å². The summed E-state index contributed by atoms with van der Waals surface area (Å²) in [7, 11) is -3.11. The van der Waals surface area contributed by atoms with Gasteiger partial charge in [0.05, 0.1) is 33.2 Å². The summed E-state index contributed by atoms with van der Waals surface area (Å²) in [6, 6.07) is 8.06. The summed E-state index contributed by atoms with van der Waals surface area (Å²) in [6.45, 7) is 10.9. The van der Waals surface area contributed by atoms with E-state index in [9.17, 15) is 13.2 Å². The molecule has 0 saturated carbocycles. The maximum atomic E-state index is 13.2. The number of aromatic nitrogens is 2. The lowest BCUT2D eigenvalue weighted by atomic mass is 9.88. The molecule has 0 aliphatic carbocycles. The average Bonchev–Trinajstić information content (AvgIpc) is 3.23. The molecule has 10 heteroatoms. The van der Waals surface area contributed by atoms with Crippen LogP contribution in [0.2, 0.25) is 0 Å². The van der Waals surface area contributed by atoms with E-state index in [0.717, 1.165) is 60.7 Å². The smallest absolute Gasteiger partial charge is 0.186 e. The highest BCUT2D eigenvalue weighted by Crippen LogP contribution is 2.48. The normalized spacial score (nSPS) is 16.7. The minimum atomic E-state index is -3.11. The number of nitrogens with zero attached hydrogens (tertiary/aromatic N) is 3. The maximum Gasteiger partial charge on any atom is 0.186 e. The Balaban J connectivity index is 1.62. The van der Waals surface area contributed by atoms with Crippen LogP contribution in [-0.2, 0) is 25.8 Å². The number of pyridine rings is 1. The quantitative estimate of drug-likeness (QED) is 0.298. The van der Waals surface area contributed by atoms with Gasteiger partial charge in [-0.05, 0) is 70.0 Å². The van der Waals surface area contributed by atoms with Gasteiger partial charge in [-0.2, -0.15) is 0 Å². The van der Waals surface area contributed by atoms with Crippen LogP contribution in [0, 0.1) is 6.92 Å². The summed E-state index contributed by atoms with van der Waals surface area (Å²) in [5.74, 6) is 0.728. The number of ketones is 1. The third-order valence-corrected chi connectivity index (χ3v) is 10.2. The molecule has 1 atom stereocenters. The van der Waals surface area contributed by atoms with E-state index >= 15 is 0 Å². The molecule has 4 heterocycles. The number of carbonyl (C=O) groups excluding carboxylic acids is 1. The predicted molar refractivity (Wildman–Crippen MR) is 159 cm³/mol. The summed E-state index contributed by atoms with van der Waals surface area (Å²) in [6.07, 6.45) is 3.13. The molecule has 1 saturated heterocycles. The molecule has 0 unspecified atom stereocenters. The molecular weight excluding hydrogens is 546 g/mol. The van der Waals surface area contributed by atoms with Crippen molar-refractivity contribution >= 4 is 53.2 Å². The molecule has 8 nitrogen and oxygen atoms in total. The molecule has 0 amide bonds. The van der Waals surface area contributed by atoms with Gasteiger partial charge in [-0.3, -0.25) is 9.78 Å². The van der Waals surface area contributed by atoms with E-state index in [2.05, 4.69) is 0 Å². The fourth-order valence-corrected chi connectivity index (χ4v) is 7.64. The van der Waals surface area contributed by atoms with Crippen molar-refractivity contribution in [1.29, 1.82) is 0 Å². The standard InChI is InChI=1S/C30H33N3O5S2/c1-16-13-21-28(39-29(32-21)33-14-19(15-33)40(6,35)36)25(23(16)27(17(2)34)38-30(3,4)5)20-7-8-22-24-18(10-12-37-22)9-11-31-26(20)24/h7-9,11,13,19,27H,10,12,14-15H2,1-6H3/t27-/m1/s1. The number of anilines is 1. The second-order valence-corrected chi connectivity index (χ2v) is 15.1. The molecule has 2 aliphatic rings. The number of carbonyl (C=O) groups is 1. The van der Waals surface area contributed by atoms with Crippen LogP contribution in [0.4, 0.5) is 5.13 Å². The Hall–Kier alpha value is -3.08. The van der Waals surface area contributed by atoms with Gasteiger partial charge in [0.25, 0.3) is 0 Å². The summed E-state index contributed by atoms with van der Waals surface area (Å²) in [5, 5.41) is 1.37. The average molecular weight is 580 g/mol. The lowest BCUT2D eigenvalue weighted by molar-refractivity contribution is -0.138. The summed E-state index contributed by atoms with van der Waals surface area (Å²) in [5.41, 5.74) is 5.73. The van der Waals surface area contributed by atoms with Crippen molar-refractivity contribution in [3.63, 3.8) is 0 Å². The molecular formula is C30H33N3O5S2. The number of sulfone groups is 1. The highest BCUT2D eigenvalue weighted by molar-refractivity contribution is 7.91. The van der Waals surface area contributed by atoms with Crippen LogP contribution < -0.4 is 9.64 Å². The monoisotopic (exact) mass is 579 g/mol. The van der Waals surface area contributed by atoms with E-state index in [0.29, 0.717) is 19.7 Å². The second kappa shape index (κ2) is 9.49. The first-order valence-corrected chi connectivity index (χ1v) is 16.2. The second-order valence-electron chi connectivity index (χ2n) is 11.8. The number of Topliss-reactive ketones (excluding diaryl/α,β-unsaturated/α-hetero) is 1. The highest BCUT2D eigenvalue weighted by Gasteiger charge is 2.37. The van der Waals surface area contributed by atoms with Crippen molar-refractivity contribution in [2.24, 2.45) is 0 Å². The molecule has 0 radical (unpaired) electrons. The first-order valence-electron chi connectivity index (χ1n) is 13.4. The minimum Gasteiger partial charge on any atom is -0.493 e. The minimum absolute atomic E-state index is 0.0823. The Kier molecular flexibility index (Phi) is 6.43. The molecule has 40 heavy (non-hydrogen) atoms. The fraction of sp³-hybridized carbons (Fsp3) is 0.433. The zero-order valence-electron chi connectivity index (χ0n) is 23.6. The van der Waals surface area contributed by atoms with Gasteiger partial charge < -0.3 is 14.4 Å². The number of hydrogen-bond donors (Lipinski definition) is 0. The summed E-state index contributed by atoms with van der Waals surface area (Å²) >= 11 is 1.52. The molecule has 210 valence electrons. The topological polar surface area (TPSA) is 98.7 Å². The number of aryl methyl sites for hydroxylation is 1. The molecule has 6 rings (SSSR count). The molecule has 2 aliphatic heterocycles. The van der Waals surface area contributed by atoms with Gasteiger partial charge in [-0.15, -0.1) is 0 Å². The Morgan fingerprint density at radius 3 is 2.65 bits per heavy atom. The van der Waals surface area contributed by atoms with Crippen molar-refractivity contribution in [2.45, 2.75) is 58.0 Å². The Morgan fingerprint density at radius 2 is 1.98 bits per heavy atom. The number of fused-ring (bicyclic) bond motifs is 1. The Morgan fingerprint density at radius 1 is 1.23 bits per heavy atom. The number of thiazole rings is 1. The lowest BCUT2D eigenvalue weighted by Gasteiger charge is -2.37. The van der Waals surface area contributed by atoms with Crippen molar-refractivity contribution in [2.75, 3.05) is 30.9 Å². The van der Waals surface area contributed by atoms with Crippen molar-refractivity contribution in [3.05, 3.63) is 47.2 Å². The molecule has 0 N–H and O–H groups in total. The zero-order valence-corrected chi connectivity index (χ0v) is 25.2. The Labute approximate surface area is 238 Å². The fourth-order valence-electron chi connectivity index (χ4n) is 5.61. The van der Waals surface area contributed by atoms with E-state index in [1.807, 2.05) is 63.1 Å². The van der Waals surface area contributed by atoms with Gasteiger partial charge in [0.15, 0.2) is 20.8 Å². The molecule has 1 fully saturated rings. The third-order valence-electron chi connectivity index (χ3n) is 7.58. The van der Waals surface area contributed by atoms with Gasteiger partial charge in [0.1, 0.15) is 11.9 Å². The van der Waals surface area contributed by atoms with Crippen LogP contribution in [0.1, 0.15) is 50.5 Å². The summed E-state index contributed by atoms with van der Waals surface area (Å²) in [4.78, 5) is 25.0. The van der Waals surface area contributed by atoms with Gasteiger partial charge >= 0.3 is 0 Å². The van der Waals surface area contributed by atoms with Crippen LogP contribution in [0.5, 0.6) is 5.75 Å². The Bertz CT molecular complexity index is 1770. The first kappa shape index (κ1) is 27.1. The van der Waals surface area contributed by atoms with E-state index < -0.39 is 21.5 Å². The number of benzene rings is 2. The van der Waals surface area contributed by atoms with Gasteiger partial charge in [-0.25, -0.2) is 13.4 Å². The first-order chi connectivity index (χ1) is 18.8. The SMILES string of the molecule is CC(=O)[C@@H](OC(C)(C)C)c1c(C)cc2nc(N3CC(S(C)(=O)=O)C3)sc2c1-c1ccc2c3c(ccnc13)CCO2.